The molecular formula is C17H14N4. The van der Waals surface area contributed by atoms with Crippen LogP contribution in [0.1, 0.15) is 16.8 Å². The van der Waals surface area contributed by atoms with Crippen molar-refractivity contribution in [1.82, 2.24) is 9.97 Å². The molecule has 0 fully saturated rings. The molecule has 0 spiro atoms. The molecule has 3 aromatic rings. The Labute approximate surface area is 123 Å². The fraction of sp³-hybridized carbons (Fsp3) is 0.118. The fourth-order valence-electron chi connectivity index (χ4n) is 2.24. The van der Waals surface area contributed by atoms with Crippen LogP contribution in [0.25, 0.3) is 10.9 Å². The van der Waals surface area contributed by atoms with Crippen molar-refractivity contribution in [3.05, 3.63) is 65.5 Å². The second kappa shape index (κ2) is 5.59. The molecule has 0 aliphatic carbocycles. The maximum absolute atomic E-state index is 9.02. The van der Waals surface area contributed by atoms with Crippen LogP contribution in [0.5, 0.6) is 0 Å². The van der Waals surface area contributed by atoms with Crippen molar-refractivity contribution in [2.45, 2.75) is 13.5 Å². The van der Waals surface area contributed by atoms with Crippen molar-refractivity contribution >= 4 is 16.7 Å². The van der Waals surface area contributed by atoms with E-state index in [-0.39, 0.29) is 0 Å². The third kappa shape index (κ3) is 2.67. The smallest absolute Gasteiger partial charge is 0.145 e. The quantitative estimate of drug-likeness (QED) is 0.795. The Kier molecular flexibility index (Phi) is 3.48. The molecule has 0 atom stereocenters. The van der Waals surface area contributed by atoms with Gasteiger partial charge in [-0.1, -0.05) is 30.3 Å². The van der Waals surface area contributed by atoms with Crippen LogP contribution < -0.4 is 5.32 Å². The number of para-hydroxylation sites is 1. The van der Waals surface area contributed by atoms with Gasteiger partial charge >= 0.3 is 0 Å². The van der Waals surface area contributed by atoms with E-state index >= 15 is 0 Å². The SMILES string of the molecule is Cc1ccc(NCc2cccc3cccnc23)nc1C#N. The minimum absolute atomic E-state index is 0.455. The van der Waals surface area contributed by atoms with E-state index in [1.54, 1.807) is 6.20 Å². The van der Waals surface area contributed by atoms with Crippen molar-refractivity contribution in [2.75, 3.05) is 5.32 Å². The molecule has 102 valence electrons. The first-order valence-corrected chi connectivity index (χ1v) is 6.72. The summed E-state index contributed by atoms with van der Waals surface area (Å²) in [6.07, 6.45) is 1.80. The van der Waals surface area contributed by atoms with Crippen molar-refractivity contribution in [3.63, 3.8) is 0 Å². The van der Waals surface area contributed by atoms with E-state index in [1.165, 1.54) is 0 Å². The number of anilines is 1. The van der Waals surface area contributed by atoms with Gasteiger partial charge in [0.1, 0.15) is 17.6 Å². The number of hydrogen-bond acceptors (Lipinski definition) is 4. The highest BCUT2D eigenvalue weighted by Gasteiger charge is 2.04. The van der Waals surface area contributed by atoms with Crippen molar-refractivity contribution in [2.24, 2.45) is 0 Å². The predicted molar refractivity (Wildman–Crippen MR) is 82.8 cm³/mol. The summed E-state index contributed by atoms with van der Waals surface area (Å²) in [5.41, 5.74) is 3.43. The lowest BCUT2D eigenvalue weighted by Crippen LogP contribution is -2.03. The number of aryl methyl sites for hydroxylation is 1. The van der Waals surface area contributed by atoms with Crippen molar-refractivity contribution in [3.8, 4) is 6.07 Å². The fourth-order valence-corrected chi connectivity index (χ4v) is 2.24. The van der Waals surface area contributed by atoms with Gasteiger partial charge in [-0.3, -0.25) is 4.98 Å². The summed E-state index contributed by atoms with van der Waals surface area (Å²) >= 11 is 0. The van der Waals surface area contributed by atoms with Gasteiger partial charge in [-0.15, -0.1) is 0 Å². The first-order chi connectivity index (χ1) is 10.3. The van der Waals surface area contributed by atoms with Crippen LogP contribution >= 0.6 is 0 Å². The minimum atomic E-state index is 0.455. The summed E-state index contributed by atoms with van der Waals surface area (Å²) < 4.78 is 0. The lowest BCUT2D eigenvalue weighted by atomic mass is 10.1. The van der Waals surface area contributed by atoms with Gasteiger partial charge in [-0.25, -0.2) is 4.98 Å². The molecule has 21 heavy (non-hydrogen) atoms. The van der Waals surface area contributed by atoms with E-state index in [0.717, 1.165) is 22.0 Å². The summed E-state index contributed by atoms with van der Waals surface area (Å²) in [5.74, 6) is 0.699. The normalized spacial score (nSPS) is 10.3. The van der Waals surface area contributed by atoms with Gasteiger partial charge in [-0.05, 0) is 30.2 Å². The van der Waals surface area contributed by atoms with Crippen LogP contribution in [-0.2, 0) is 6.54 Å². The molecule has 0 bridgehead atoms. The molecule has 0 radical (unpaired) electrons. The molecule has 3 rings (SSSR count). The molecule has 4 heteroatoms. The van der Waals surface area contributed by atoms with Gasteiger partial charge in [0.15, 0.2) is 0 Å². The van der Waals surface area contributed by atoms with Crippen LogP contribution in [-0.4, -0.2) is 9.97 Å². The van der Waals surface area contributed by atoms with Crippen LogP contribution in [0, 0.1) is 18.3 Å². The van der Waals surface area contributed by atoms with Crippen molar-refractivity contribution in [1.29, 1.82) is 5.26 Å². The number of pyridine rings is 2. The van der Waals surface area contributed by atoms with Gasteiger partial charge in [0.25, 0.3) is 0 Å². The summed E-state index contributed by atoms with van der Waals surface area (Å²) in [6.45, 7) is 2.50. The van der Waals surface area contributed by atoms with Gasteiger partial charge in [0, 0.05) is 18.1 Å². The lowest BCUT2D eigenvalue weighted by Gasteiger charge is -2.09. The zero-order valence-electron chi connectivity index (χ0n) is 11.7. The molecule has 0 saturated carbocycles. The molecular weight excluding hydrogens is 260 g/mol. The molecule has 1 aromatic carbocycles. The van der Waals surface area contributed by atoms with Gasteiger partial charge in [0.2, 0.25) is 0 Å². The monoisotopic (exact) mass is 274 g/mol. The standard InChI is InChI=1S/C17H14N4/c1-12-7-8-16(21-15(12)10-18)20-11-14-5-2-4-13-6-3-9-19-17(13)14/h2-9H,11H2,1H3,(H,20,21). The topological polar surface area (TPSA) is 61.6 Å². The maximum Gasteiger partial charge on any atom is 0.145 e. The number of nitrogens with one attached hydrogen (secondary N) is 1. The van der Waals surface area contributed by atoms with E-state index in [2.05, 4.69) is 21.4 Å². The first-order valence-electron chi connectivity index (χ1n) is 6.72. The van der Waals surface area contributed by atoms with E-state index < -0.39 is 0 Å². The van der Waals surface area contributed by atoms with Crippen LogP contribution in [0.2, 0.25) is 0 Å². The Balaban J connectivity index is 1.86. The Morgan fingerprint density at radius 3 is 2.86 bits per heavy atom. The highest BCUT2D eigenvalue weighted by molar-refractivity contribution is 5.81. The Bertz CT molecular complexity index is 828. The zero-order chi connectivity index (χ0) is 14.7. The Morgan fingerprint density at radius 2 is 2.00 bits per heavy atom. The maximum atomic E-state index is 9.02. The average molecular weight is 274 g/mol. The minimum Gasteiger partial charge on any atom is -0.366 e. The third-order valence-corrected chi connectivity index (χ3v) is 3.38. The molecule has 0 unspecified atom stereocenters. The number of benzene rings is 1. The molecule has 0 saturated heterocycles. The molecule has 4 nitrogen and oxygen atoms in total. The highest BCUT2D eigenvalue weighted by atomic mass is 15.0. The molecule has 0 aliphatic rings. The van der Waals surface area contributed by atoms with E-state index in [9.17, 15) is 0 Å². The van der Waals surface area contributed by atoms with Crippen LogP contribution in [0.15, 0.2) is 48.7 Å². The van der Waals surface area contributed by atoms with Gasteiger partial charge in [-0.2, -0.15) is 5.26 Å². The Morgan fingerprint density at radius 1 is 1.14 bits per heavy atom. The van der Waals surface area contributed by atoms with Crippen LogP contribution in [0.3, 0.4) is 0 Å². The molecule has 0 aliphatic heterocycles. The number of aromatic nitrogens is 2. The number of rotatable bonds is 3. The Hall–Kier alpha value is -2.93. The summed E-state index contributed by atoms with van der Waals surface area (Å²) in [5, 5.41) is 13.4. The zero-order valence-corrected chi connectivity index (χ0v) is 11.7. The number of fused-ring (bicyclic) bond motifs is 1. The van der Waals surface area contributed by atoms with Gasteiger partial charge in [0.05, 0.1) is 5.52 Å². The summed E-state index contributed by atoms with van der Waals surface area (Å²) in [4.78, 5) is 8.72. The molecule has 0 amide bonds. The molecule has 1 N–H and O–H groups in total. The third-order valence-electron chi connectivity index (χ3n) is 3.38. The van der Waals surface area contributed by atoms with Gasteiger partial charge < -0.3 is 5.32 Å². The predicted octanol–water partition coefficient (Wildman–Crippen LogP) is 3.42. The number of hydrogen-bond donors (Lipinski definition) is 1. The largest absolute Gasteiger partial charge is 0.366 e. The van der Waals surface area contributed by atoms with E-state index in [1.807, 2.05) is 49.4 Å². The van der Waals surface area contributed by atoms with E-state index in [4.69, 9.17) is 5.26 Å². The molecule has 2 heterocycles. The number of nitrogens with zero attached hydrogens (tertiary/aromatic N) is 3. The van der Waals surface area contributed by atoms with E-state index in [0.29, 0.717) is 18.1 Å². The summed E-state index contributed by atoms with van der Waals surface area (Å²) in [7, 11) is 0. The summed E-state index contributed by atoms with van der Waals surface area (Å²) in [6, 6.07) is 16.0. The lowest BCUT2D eigenvalue weighted by molar-refractivity contribution is 1.10. The van der Waals surface area contributed by atoms with Crippen LogP contribution in [0.4, 0.5) is 5.82 Å². The average Bonchev–Trinajstić information content (AvgIpc) is 2.54. The number of nitriles is 1. The van der Waals surface area contributed by atoms with Crippen molar-refractivity contribution < 1.29 is 0 Å². The second-order valence-electron chi connectivity index (χ2n) is 4.82. The highest BCUT2D eigenvalue weighted by Crippen LogP contribution is 2.17. The molecule has 2 aromatic heterocycles. The second-order valence-corrected chi connectivity index (χ2v) is 4.82. The first kappa shape index (κ1) is 13.1.